The number of halogens is 2. The van der Waals surface area contributed by atoms with Crippen LogP contribution < -0.4 is 15.4 Å². The number of ether oxygens (including phenoxy) is 2. The van der Waals surface area contributed by atoms with Gasteiger partial charge in [0.05, 0.1) is 13.2 Å². The molecule has 0 amide bonds. The van der Waals surface area contributed by atoms with Crippen molar-refractivity contribution < 1.29 is 13.9 Å². The Balaban J connectivity index is 1.63. The Labute approximate surface area is 163 Å². The van der Waals surface area contributed by atoms with E-state index in [9.17, 15) is 4.39 Å². The Bertz CT molecular complexity index is 814. The molecule has 0 radical (unpaired) electrons. The van der Waals surface area contributed by atoms with Crippen molar-refractivity contribution >= 4 is 17.6 Å². The fraction of sp³-hybridized carbons (Fsp3) is 0.350. The average molecular weight is 392 g/mol. The van der Waals surface area contributed by atoms with E-state index in [1.54, 1.807) is 0 Å². The van der Waals surface area contributed by atoms with Crippen molar-refractivity contribution in [2.75, 3.05) is 19.9 Å². The number of nitrogens with one attached hydrogen (secondary N) is 2. The summed E-state index contributed by atoms with van der Waals surface area (Å²) in [6.45, 7) is 4.38. The first-order chi connectivity index (χ1) is 13.2. The molecule has 0 aromatic heterocycles. The van der Waals surface area contributed by atoms with Crippen molar-refractivity contribution in [3.8, 4) is 5.75 Å². The summed E-state index contributed by atoms with van der Waals surface area (Å²) >= 11 is 6.18. The Morgan fingerprint density at radius 1 is 1.22 bits per heavy atom. The predicted octanol–water partition coefficient (Wildman–Crippen LogP) is 3.64. The molecule has 144 valence electrons. The molecule has 0 fully saturated rings. The molecule has 7 heteroatoms. The summed E-state index contributed by atoms with van der Waals surface area (Å²) in [6.07, 6.45) is 0.608. The van der Waals surface area contributed by atoms with Crippen LogP contribution in [0.4, 0.5) is 4.39 Å². The fourth-order valence-corrected chi connectivity index (χ4v) is 3.09. The summed E-state index contributed by atoms with van der Waals surface area (Å²) in [6, 6.07) is 10.6. The molecule has 0 bridgehead atoms. The third-order valence-electron chi connectivity index (χ3n) is 4.15. The van der Waals surface area contributed by atoms with Gasteiger partial charge in [-0.15, -0.1) is 0 Å². The zero-order chi connectivity index (χ0) is 19.1. The molecule has 0 saturated heterocycles. The van der Waals surface area contributed by atoms with Gasteiger partial charge in [0.1, 0.15) is 11.6 Å². The number of rotatable bonds is 6. The molecule has 2 aromatic carbocycles. The number of fused-ring (bicyclic) bond motifs is 1. The highest BCUT2D eigenvalue weighted by Gasteiger charge is 2.16. The summed E-state index contributed by atoms with van der Waals surface area (Å²) in [7, 11) is 0. The van der Waals surface area contributed by atoms with Crippen LogP contribution in [0.3, 0.4) is 0 Å². The summed E-state index contributed by atoms with van der Waals surface area (Å²) < 4.78 is 24.6. The van der Waals surface area contributed by atoms with Gasteiger partial charge >= 0.3 is 0 Å². The highest BCUT2D eigenvalue weighted by atomic mass is 35.5. The van der Waals surface area contributed by atoms with E-state index < -0.39 is 0 Å². The quantitative estimate of drug-likeness (QED) is 0.583. The second kappa shape index (κ2) is 9.58. The van der Waals surface area contributed by atoms with Crippen LogP contribution in [-0.4, -0.2) is 25.8 Å². The monoisotopic (exact) mass is 391 g/mol. The first-order valence-electron chi connectivity index (χ1n) is 8.94. The lowest BCUT2D eigenvalue weighted by molar-refractivity contribution is -0.0172. The van der Waals surface area contributed by atoms with Crippen LogP contribution in [0.5, 0.6) is 5.75 Å². The Kier molecular flexibility index (Phi) is 6.90. The molecular weight excluding hydrogens is 369 g/mol. The van der Waals surface area contributed by atoms with Crippen LogP contribution in [0.15, 0.2) is 41.4 Å². The van der Waals surface area contributed by atoms with Gasteiger partial charge in [0, 0.05) is 23.7 Å². The van der Waals surface area contributed by atoms with Gasteiger partial charge in [-0.25, -0.2) is 9.38 Å². The second-order valence-corrected chi connectivity index (χ2v) is 6.53. The molecule has 1 aliphatic rings. The lowest BCUT2D eigenvalue weighted by atomic mass is 10.1. The maximum Gasteiger partial charge on any atom is 0.191 e. The number of hydrogen-bond acceptors (Lipinski definition) is 3. The van der Waals surface area contributed by atoms with E-state index in [1.165, 1.54) is 12.1 Å². The van der Waals surface area contributed by atoms with Gasteiger partial charge in [0.15, 0.2) is 12.8 Å². The van der Waals surface area contributed by atoms with E-state index in [2.05, 4.69) is 15.6 Å². The molecule has 2 aromatic rings. The summed E-state index contributed by atoms with van der Waals surface area (Å²) in [5, 5.41) is 7.17. The first-order valence-corrected chi connectivity index (χ1v) is 9.32. The van der Waals surface area contributed by atoms with Crippen LogP contribution >= 0.6 is 11.6 Å². The topological polar surface area (TPSA) is 54.9 Å². The highest BCUT2D eigenvalue weighted by molar-refractivity contribution is 6.31. The molecule has 0 unspecified atom stereocenters. The normalized spacial score (nSPS) is 13.7. The molecule has 2 N–H and O–H groups in total. The molecule has 0 atom stereocenters. The zero-order valence-corrected chi connectivity index (χ0v) is 16.0. The first kappa shape index (κ1) is 19.5. The standard InChI is InChI=1S/C20H23ClFN3O2/c1-2-23-20(25-11-15-5-3-4-6-18(15)21)24-8-7-14-9-17(22)10-16-12-26-13-27-19(14)16/h3-6,9-10H,2,7-8,11-13H2,1H3,(H2,23,24,25). The predicted molar refractivity (Wildman–Crippen MR) is 105 cm³/mol. The molecule has 0 spiro atoms. The van der Waals surface area contributed by atoms with Gasteiger partial charge in [-0.2, -0.15) is 0 Å². The van der Waals surface area contributed by atoms with E-state index in [0.717, 1.165) is 29.0 Å². The Morgan fingerprint density at radius 2 is 2.07 bits per heavy atom. The summed E-state index contributed by atoms with van der Waals surface area (Å²) in [5.74, 6) is 1.13. The smallest absolute Gasteiger partial charge is 0.191 e. The lowest BCUT2D eigenvalue weighted by Gasteiger charge is -2.21. The molecular formula is C20H23ClFN3O2. The molecule has 0 aliphatic carbocycles. The summed E-state index contributed by atoms with van der Waals surface area (Å²) in [4.78, 5) is 4.57. The zero-order valence-electron chi connectivity index (χ0n) is 15.2. The molecule has 5 nitrogen and oxygen atoms in total. The Hall–Kier alpha value is -2.31. The Morgan fingerprint density at radius 3 is 2.89 bits per heavy atom. The number of nitrogens with zero attached hydrogens (tertiary/aromatic N) is 1. The van der Waals surface area contributed by atoms with Crippen molar-refractivity contribution in [3.05, 3.63) is 63.9 Å². The largest absolute Gasteiger partial charge is 0.467 e. The van der Waals surface area contributed by atoms with Crippen LogP contribution in [0, 0.1) is 5.82 Å². The van der Waals surface area contributed by atoms with E-state index >= 15 is 0 Å². The van der Waals surface area contributed by atoms with Crippen LogP contribution in [-0.2, 0) is 24.3 Å². The van der Waals surface area contributed by atoms with Crippen molar-refractivity contribution in [2.45, 2.75) is 26.5 Å². The minimum absolute atomic E-state index is 0.195. The van der Waals surface area contributed by atoms with Gasteiger partial charge in [-0.1, -0.05) is 29.8 Å². The minimum Gasteiger partial charge on any atom is -0.467 e. The lowest BCUT2D eigenvalue weighted by Crippen LogP contribution is -2.38. The number of hydrogen-bond donors (Lipinski definition) is 2. The number of aliphatic imine (C=N–C) groups is 1. The van der Waals surface area contributed by atoms with Gasteiger partial charge in [0.2, 0.25) is 0 Å². The molecule has 3 rings (SSSR count). The maximum absolute atomic E-state index is 13.8. The van der Waals surface area contributed by atoms with E-state index in [1.807, 2.05) is 31.2 Å². The van der Waals surface area contributed by atoms with Gasteiger partial charge < -0.3 is 20.1 Å². The highest BCUT2D eigenvalue weighted by Crippen LogP contribution is 2.29. The molecule has 1 heterocycles. The van der Waals surface area contributed by atoms with E-state index in [4.69, 9.17) is 21.1 Å². The number of guanidine groups is 1. The third kappa shape index (κ3) is 5.34. The van der Waals surface area contributed by atoms with Crippen molar-refractivity contribution in [1.82, 2.24) is 10.6 Å². The van der Waals surface area contributed by atoms with Gasteiger partial charge in [-0.3, -0.25) is 0 Å². The fourth-order valence-electron chi connectivity index (χ4n) is 2.89. The average Bonchev–Trinajstić information content (AvgIpc) is 2.67. The summed E-state index contributed by atoms with van der Waals surface area (Å²) in [5.41, 5.74) is 2.53. The molecule has 1 aliphatic heterocycles. The van der Waals surface area contributed by atoms with E-state index in [-0.39, 0.29) is 12.6 Å². The number of benzene rings is 2. The minimum atomic E-state index is -0.280. The van der Waals surface area contributed by atoms with Crippen molar-refractivity contribution in [1.29, 1.82) is 0 Å². The van der Waals surface area contributed by atoms with Gasteiger partial charge in [0.25, 0.3) is 0 Å². The van der Waals surface area contributed by atoms with Crippen molar-refractivity contribution in [2.24, 2.45) is 4.99 Å². The van der Waals surface area contributed by atoms with E-state index in [0.29, 0.717) is 37.1 Å². The SMILES string of the molecule is CCNC(=NCc1ccccc1Cl)NCCc1cc(F)cc2c1OCOC2. The van der Waals surface area contributed by atoms with Gasteiger partial charge in [-0.05, 0) is 42.7 Å². The third-order valence-corrected chi connectivity index (χ3v) is 4.52. The molecule has 27 heavy (non-hydrogen) atoms. The second-order valence-electron chi connectivity index (χ2n) is 6.13. The maximum atomic E-state index is 13.8. The van der Waals surface area contributed by atoms with Crippen LogP contribution in [0.2, 0.25) is 5.02 Å². The van der Waals surface area contributed by atoms with Crippen molar-refractivity contribution in [3.63, 3.8) is 0 Å². The van der Waals surface area contributed by atoms with Crippen LogP contribution in [0.1, 0.15) is 23.6 Å². The molecule has 0 saturated carbocycles. The van der Waals surface area contributed by atoms with Crippen LogP contribution in [0.25, 0.3) is 0 Å².